The van der Waals surface area contributed by atoms with Gasteiger partial charge in [-0.15, -0.1) is 0 Å². The molecule has 0 spiro atoms. The van der Waals surface area contributed by atoms with Crippen LogP contribution in [-0.4, -0.2) is 15.3 Å². The van der Waals surface area contributed by atoms with Gasteiger partial charge in [0.15, 0.2) is 0 Å². The number of halogens is 1. The van der Waals surface area contributed by atoms with E-state index in [0.717, 1.165) is 38.7 Å². The van der Waals surface area contributed by atoms with Crippen LogP contribution in [0.5, 0.6) is 5.75 Å². The lowest BCUT2D eigenvalue weighted by molar-refractivity contribution is 0.477. The molecular weight excluding hydrogens is 344 g/mol. The zero-order valence-electron chi connectivity index (χ0n) is 14.0. The number of benzene rings is 3. The second kappa shape index (κ2) is 7.06. The zero-order chi connectivity index (χ0) is 17.9. The highest BCUT2D eigenvalue weighted by Crippen LogP contribution is 2.36. The van der Waals surface area contributed by atoms with Gasteiger partial charge in [0, 0.05) is 28.1 Å². The molecule has 2 N–H and O–H groups in total. The van der Waals surface area contributed by atoms with Crippen molar-refractivity contribution in [1.82, 2.24) is 10.2 Å². The van der Waals surface area contributed by atoms with Gasteiger partial charge in [0.2, 0.25) is 0 Å². The third-order valence-corrected chi connectivity index (χ3v) is 4.78. The van der Waals surface area contributed by atoms with Crippen LogP contribution in [0.4, 0.5) is 0 Å². The zero-order valence-corrected chi connectivity index (χ0v) is 14.7. The lowest BCUT2D eigenvalue weighted by Gasteiger charge is -2.09. The molecule has 0 aliphatic carbocycles. The fraction of sp³-hybridized carbons (Fsp3) is 0.0455. The molecule has 0 atom stereocenters. The van der Waals surface area contributed by atoms with E-state index in [0.29, 0.717) is 6.42 Å². The molecule has 128 valence electrons. The third kappa shape index (κ3) is 3.09. The minimum Gasteiger partial charge on any atom is -0.507 e. The molecule has 3 aromatic carbocycles. The van der Waals surface area contributed by atoms with Crippen molar-refractivity contribution in [3.63, 3.8) is 0 Å². The quantitative estimate of drug-likeness (QED) is 0.491. The number of phenolic OH excluding ortho intramolecular Hbond substituents is 1. The number of rotatable bonds is 4. The maximum absolute atomic E-state index is 10.3. The van der Waals surface area contributed by atoms with Crippen LogP contribution in [0.15, 0.2) is 78.9 Å². The van der Waals surface area contributed by atoms with Crippen LogP contribution in [0.1, 0.15) is 11.1 Å². The van der Waals surface area contributed by atoms with Crippen molar-refractivity contribution >= 4 is 11.6 Å². The van der Waals surface area contributed by atoms with Crippen molar-refractivity contribution in [3.05, 3.63) is 95.0 Å². The molecule has 0 amide bonds. The predicted octanol–water partition coefficient (Wildman–Crippen LogP) is 5.69. The van der Waals surface area contributed by atoms with Crippen LogP contribution in [0.25, 0.3) is 22.5 Å². The fourth-order valence-corrected chi connectivity index (χ4v) is 3.31. The average molecular weight is 361 g/mol. The SMILES string of the molecule is Oc1ccccc1-c1[nH]nc(-c2ccccc2)c1Cc1ccccc1Cl. The van der Waals surface area contributed by atoms with Gasteiger partial charge in [0.05, 0.1) is 11.4 Å². The van der Waals surface area contributed by atoms with Gasteiger partial charge in [-0.05, 0) is 23.8 Å². The first-order valence-corrected chi connectivity index (χ1v) is 8.76. The molecule has 0 aliphatic rings. The number of nitrogens with one attached hydrogen (secondary N) is 1. The number of aromatic amines is 1. The molecule has 3 nitrogen and oxygen atoms in total. The standard InChI is InChI=1S/C22H17ClN2O/c23-19-12-6-4-10-16(19)14-18-21(15-8-2-1-3-9-15)24-25-22(18)17-11-5-7-13-20(17)26/h1-13,26H,14H2,(H,24,25). The van der Waals surface area contributed by atoms with Gasteiger partial charge in [-0.25, -0.2) is 0 Å². The van der Waals surface area contributed by atoms with Crippen molar-refractivity contribution in [3.8, 4) is 28.3 Å². The summed E-state index contributed by atoms with van der Waals surface area (Å²) in [5.74, 6) is 0.219. The van der Waals surface area contributed by atoms with Crippen LogP contribution in [0.2, 0.25) is 5.02 Å². The Kier molecular flexibility index (Phi) is 4.46. The Bertz CT molecular complexity index is 1040. The van der Waals surface area contributed by atoms with Crippen LogP contribution >= 0.6 is 11.6 Å². The van der Waals surface area contributed by atoms with Crippen molar-refractivity contribution in [2.75, 3.05) is 0 Å². The second-order valence-corrected chi connectivity index (χ2v) is 6.48. The summed E-state index contributed by atoms with van der Waals surface area (Å²) in [6.45, 7) is 0. The number of nitrogens with zero attached hydrogens (tertiary/aromatic N) is 1. The van der Waals surface area contributed by atoms with Crippen LogP contribution in [-0.2, 0) is 6.42 Å². The molecular formula is C22H17ClN2O. The molecule has 4 aromatic rings. The third-order valence-electron chi connectivity index (χ3n) is 4.41. The van der Waals surface area contributed by atoms with Crippen LogP contribution < -0.4 is 0 Å². The highest BCUT2D eigenvalue weighted by Gasteiger charge is 2.19. The topological polar surface area (TPSA) is 48.9 Å². The van der Waals surface area contributed by atoms with Gasteiger partial charge in [-0.2, -0.15) is 5.10 Å². The van der Waals surface area contributed by atoms with E-state index >= 15 is 0 Å². The summed E-state index contributed by atoms with van der Waals surface area (Å²) in [6, 6.07) is 25.1. The molecule has 0 radical (unpaired) electrons. The number of aromatic hydroxyl groups is 1. The summed E-state index contributed by atoms with van der Waals surface area (Å²) in [5, 5.41) is 18.7. The van der Waals surface area contributed by atoms with E-state index in [9.17, 15) is 5.11 Å². The van der Waals surface area contributed by atoms with E-state index < -0.39 is 0 Å². The first-order valence-electron chi connectivity index (χ1n) is 8.38. The van der Waals surface area contributed by atoms with E-state index in [-0.39, 0.29) is 5.75 Å². The first-order chi connectivity index (χ1) is 12.7. The van der Waals surface area contributed by atoms with Crippen molar-refractivity contribution in [1.29, 1.82) is 0 Å². The molecule has 4 rings (SSSR count). The summed E-state index contributed by atoms with van der Waals surface area (Å²) in [5.41, 5.74) is 5.44. The van der Waals surface area contributed by atoms with Gasteiger partial charge < -0.3 is 5.11 Å². The Morgan fingerprint density at radius 2 is 1.54 bits per heavy atom. The number of hydrogen-bond donors (Lipinski definition) is 2. The van der Waals surface area contributed by atoms with Crippen molar-refractivity contribution in [2.24, 2.45) is 0 Å². The molecule has 0 fully saturated rings. The van der Waals surface area contributed by atoms with Crippen molar-refractivity contribution < 1.29 is 5.11 Å². The van der Waals surface area contributed by atoms with Gasteiger partial charge in [0.25, 0.3) is 0 Å². The molecule has 1 aromatic heterocycles. The summed E-state index contributed by atoms with van der Waals surface area (Å²) < 4.78 is 0. The number of H-pyrrole nitrogens is 1. The first kappa shape index (κ1) is 16.4. The van der Waals surface area contributed by atoms with Crippen molar-refractivity contribution in [2.45, 2.75) is 6.42 Å². The van der Waals surface area contributed by atoms with Gasteiger partial charge >= 0.3 is 0 Å². The summed E-state index contributed by atoms with van der Waals surface area (Å²) in [7, 11) is 0. The Morgan fingerprint density at radius 3 is 2.31 bits per heavy atom. The maximum atomic E-state index is 10.3. The fourth-order valence-electron chi connectivity index (χ4n) is 3.11. The predicted molar refractivity (Wildman–Crippen MR) is 105 cm³/mol. The van der Waals surface area contributed by atoms with Gasteiger partial charge in [-0.1, -0.05) is 72.3 Å². The number of hydrogen-bond acceptors (Lipinski definition) is 2. The van der Waals surface area contributed by atoms with E-state index in [1.165, 1.54) is 0 Å². The Morgan fingerprint density at radius 1 is 0.846 bits per heavy atom. The molecule has 26 heavy (non-hydrogen) atoms. The van der Waals surface area contributed by atoms with E-state index in [2.05, 4.69) is 10.2 Å². The van der Waals surface area contributed by atoms with E-state index in [1.807, 2.05) is 66.7 Å². The lowest BCUT2D eigenvalue weighted by atomic mass is 9.96. The molecule has 0 aliphatic heterocycles. The summed E-state index contributed by atoms with van der Waals surface area (Å²) >= 11 is 6.39. The van der Waals surface area contributed by atoms with Gasteiger partial charge in [0.1, 0.15) is 5.75 Å². The largest absolute Gasteiger partial charge is 0.507 e. The minimum absolute atomic E-state index is 0.219. The Balaban J connectivity index is 1.89. The molecule has 1 heterocycles. The minimum atomic E-state index is 0.219. The van der Waals surface area contributed by atoms with Crippen LogP contribution in [0.3, 0.4) is 0 Å². The smallest absolute Gasteiger partial charge is 0.124 e. The highest BCUT2D eigenvalue weighted by atomic mass is 35.5. The van der Waals surface area contributed by atoms with Gasteiger partial charge in [-0.3, -0.25) is 5.10 Å². The Labute approximate surface area is 156 Å². The molecule has 0 saturated carbocycles. The number of phenols is 1. The summed E-state index contributed by atoms with van der Waals surface area (Å²) in [4.78, 5) is 0. The highest BCUT2D eigenvalue weighted by molar-refractivity contribution is 6.31. The maximum Gasteiger partial charge on any atom is 0.124 e. The molecule has 0 unspecified atom stereocenters. The number of para-hydroxylation sites is 1. The lowest BCUT2D eigenvalue weighted by Crippen LogP contribution is -1.94. The summed E-state index contributed by atoms with van der Waals surface area (Å²) in [6.07, 6.45) is 0.615. The average Bonchev–Trinajstić information content (AvgIpc) is 3.08. The molecule has 0 bridgehead atoms. The number of aromatic nitrogens is 2. The Hall–Kier alpha value is -3.04. The van der Waals surface area contributed by atoms with Crippen LogP contribution in [0, 0.1) is 0 Å². The monoisotopic (exact) mass is 360 g/mol. The molecule has 4 heteroatoms. The normalized spacial score (nSPS) is 10.8. The molecule has 0 saturated heterocycles. The van der Waals surface area contributed by atoms with E-state index in [1.54, 1.807) is 12.1 Å². The second-order valence-electron chi connectivity index (χ2n) is 6.08. The van der Waals surface area contributed by atoms with E-state index in [4.69, 9.17) is 11.6 Å².